The standard InChI is InChI=1S/C32H38BIN5O5P/c1-21-9-7-8-10-27(21)42-28-14-16-38(29(28)40)17-18-41-30-24(20-35-37(30)6)22-11-12-26-23(19-22)25(36-39(26)45-34)13-15-33-43-31(2,3)32(4,5)44-33/h7-13,15,19-20,28,45H,14,16-18H2,1-6H3/b15-13+. The highest BCUT2D eigenvalue weighted by Gasteiger charge is 2.50. The van der Waals surface area contributed by atoms with Gasteiger partial charge in [-0.3, -0.25) is 4.79 Å². The molecule has 6 rings (SSSR count). The molecule has 10 nitrogen and oxygen atoms in total. The summed E-state index contributed by atoms with van der Waals surface area (Å²) in [5, 5.41) is 10.4. The highest BCUT2D eigenvalue weighted by Crippen LogP contribution is 2.39. The van der Waals surface area contributed by atoms with Crippen molar-refractivity contribution in [2.45, 2.75) is 58.3 Å². The number of ether oxygens (including phenoxy) is 2. The third-order valence-electron chi connectivity index (χ3n) is 8.88. The van der Waals surface area contributed by atoms with Gasteiger partial charge in [-0.1, -0.05) is 30.2 Å². The molecule has 2 fully saturated rings. The minimum absolute atomic E-state index is 0.00775. The molecule has 45 heavy (non-hydrogen) atoms. The molecule has 2 aromatic carbocycles. The zero-order chi connectivity index (χ0) is 31.9. The van der Waals surface area contributed by atoms with E-state index in [-0.39, 0.29) is 5.91 Å². The number of hydrogen-bond acceptors (Lipinski definition) is 7. The van der Waals surface area contributed by atoms with E-state index in [0.717, 1.165) is 39.0 Å². The first kappa shape index (κ1) is 32.0. The normalized spacial score (nSPS) is 19.6. The van der Waals surface area contributed by atoms with Crippen LogP contribution < -0.4 is 9.47 Å². The van der Waals surface area contributed by atoms with Crippen LogP contribution in [0.5, 0.6) is 11.6 Å². The molecule has 2 aromatic heterocycles. The predicted octanol–water partition coefficient (Wildman–Crippen LogP) is 6.24. The molecule has 1 amide bonds. The number of amides is 1. The summed E-state index contributed by atoms with van der Waals surface area (Å²) in [6, 6.07) is 14.1. The van der Waals surface area contributed by atoms with Crippen LogP contribution in [0, 0.1) is 6.92 Å². The number of benzene rings is 2. The summed E-state index contributed by atoms with van der Waals surface area (Å²) in [6.45, 7) is 11.6. The first-order valence-electron chi connectivity index (χ1n) is 15.1. The number of hydrogen-bond donors (Lipinski definition) is 0. The summed E-state index contributed by atoms with van der Waals surface area (Å²) in [4.78, 5) is 14.9. The Morgan fingerprint density at radius 1 is 1.16 bits per heavy atom. The molecule has 236 valence electrons. The van der Waals surface area contributed by atoms with E-state index in [1.165, 1.54) is 0 Å². The fourth-order valence-electron chi connectivity index (χ4n) is 5.57. The summed E-state index contributed by atoms with van der Waals surface area (Å²) in [6.07, 6.45) is 4.42. The molecule has 0 saturated carbocycles. The number of nitrogens with zero attached hydrogens (tertiary/aromatic N) is 5. The summed E-state index contributed by atoms with van der Waals surface area (Å²) in [5.41, 5.74) is 3.93. The monoisotopic (exact) mass is 741 g/mol. The third-order valence-corrected chi connectivity index (χ3v) is 10.7. The molecule has 0 bridgehead atoms. The molecule has 0 radical (unpaired) electrons. The molecule has 4 aromatic rings. The Kier molecular flexibility index (Phi) is 9.04. The van der Waals surface area contributed by atoms with Crippen molar-refractivity contribution in [3.05, 3.63) is 65.9 Å². The van der Waals surface area contributed by atoms with E-state index in [2.05, 4.69) is 45.3 Å². The van der Waals surface area contributed by atoms with Gasteiger partial charge in [0.15, 0.2) is 6.10 Å². The van der Waals surface area contributed by atoms with Gasteiger partial charge in [0.2, 0.25) is 5.88 Å². The largest absolute Gasteiger partial charge is 0.487 e. The molecule has 13 heteroatoms. The van der Waals surface area contributed by atoms with E-state index in [0.29, 0.717) is 38.4 Å². The van der Waals surface area contributed by atoms with Crippen LogP contribution in [0.3, 0.4) is 0 Å². The minimum Gasteiger partial charge on any atom is -0.480 e. The summed E-state index contributed by atoms with van der Waals surface area (Å²) in [5.74, 6) is 3.32. The minimum atomic E-state index is -0.470. The average molecular weight is 741 g/mol. The number of aromatic nitrogens is 4. The number of carbonyl (C=O) groups excluding carboxylic acids is 1. The number of carbonyl (C=O) groups is 1. The summed E-state index contributed by atoms with van der Waals surface area (Å²) in [7, 11) is 1.41. The molecule has 0 aliphatic carbocycles. The average Bonchev–Trinajstić information content (AvgIpc) is 3.71. The predicted molar refractivity (Wildman–Crippen MR) is 187 cm³/mol. The van der Waals surface area contributed by atoms with Gasteiger partial charge in [0.25, 0.3) is 5.91 Å². The fourth-order valence-corrected chi connectivity index (χ4v) is 7.10. The molecule has 2 atom stereocenters. The van der Waals surface area contributed by atoms with Crippen LogP contribution in [-0.2, 0) is 21.2 Å². The summed E-state index contributed by atoms with van der Waals surface area (Å²) < 4.78 is 28.4. The Balaban J connectivity index is 1.16. The number of halogens is 1. The zero-order valence-electron chi connectivity index (χ0n) is 26.4. The fraction of sp³-hybridized carbons (Fsp3) is 0.406. The van der Waals surface area contributed by atoms with Gasteiger partial charge >= 0.3 is 7.12 Å². The lowest BCUT2D eigenvalue weighted by atomic mass is 9.89. The summed E-state index contributed by atoms with van der Waals surface area (Å²) >= 11 is 2.34. The molecule has 0 spiro atoms. The van der Waals surface area contributed by atoms with Crippen molar-refractivity contribution in [3.63, 3.8) is 0 Å². The van der Waals surface area contributed by atoms with Crippen molar-refractivity contribution in [2.24, 2.45) is 7.05 Å². The third kappa shape index (κ3) is 6.39. The molecule has 0 N–H and O–H groups in total. The molecular weight excluding hydrogens is 703 g/mol. The smallest absolute Gasteiger partial charge is 0.480 e. The van der Waals surface area contributed by atoms with Crippen molar-refractivity contribution in [2.75, 3.05) is 19.7 Å². The molecule has 2 unspecified atom stereocenters. The number of para-hydroxylation sites is 1. The number of aryl methyl sites for hydroxylation is 2. The van der Waals surface area contributed by atoms with Gasteiger partial charge in [-0.25, -0.2) is 9.13 Å². The SMILES string of the molecule is Cc1ccccc1OC1CCN(CCOc2c(-c3ccc4c(c3)c(/C=C/B3OC(C)(C)C(C)(C)O3)nn4PI)cnn2C)C1=O. The lowest BCUT2D eigenvalue weighted by Crippen LogP contribution is -2.41. The van der Waals surface area contributed by atoms with Gasteiger partial charge in [0.1, 0.15) is 12.4 Å². The lowest BCUT2D eigenvalue weighted by Gasteiger charge is -2.32. The highest BCUT2D eigenvalue weighted by molar-refractivity contribution is 14.2. The van der Waals surface area contributed by atoms with Gasteiger partial charge < -0.3 is 23.7 Å². The molecule has 2 aliphatic rings. The maximum absolute atomic E-state index is 13.1. The van der Waals surface area contributed by atoms with E-state index >= 15 is 0 Å². The zero-order valence-corrected chi connectivity index (χ0v) is 29.6. The van der Waals surface area contributed by atoms with Crippen molar-refractivity contribution in [1.29, 1.82) is 0 Å². The Hall–Kier alpha value is -2.93. The van der Waals surface area contributed by atoms with E-state index in [4.69, 9.17) is 23.9 Å². The Labute approximate surface area is 278 Å². The Morgan fingerprint density at radius 2 is 1.91 bits per heavy atom. The van der Waals surface area contributed by atoms with Crippen molar-refractivity contribution >= 4 is 58.4 Å². The Bertz CT molecular complexity index is 1740. The molecular formula is C32H38BIN5O5P. The van der Waals surface area contributed by atoms with Crippen molar-refractivity contribution in [3.8, 4) is 22.8 Å². The van der Waals surface area contributed by atoms with Gasteiger partial charge in [0.05, 0.1) is 47.1 Å². The maximum atomic E-state index is 13.1. The van der Waals surface area contributed by atoms with Gasteiger partial charge in [-0.15, -0.1) is 0 Å². The van der Waals surface area contributed by atoms with Crippen LogP contribution in [0.25, 0.3) is 28.1 Å². The maximum Gasteiger partial charge on any atom is 0.487 e. The number of fused-ring (bicyclic) bond motifs is 1. The van der Waals surface area contributed by atoms with Crippen LogP contribution in [0.2, 0.25) is 0 Å². The van der Waals surface area contributed by atoms with Crippen LogP contribution in [-0.4, -0.2) is 74.3 Å². The Morgan fingerprint density at radius 3 is 2.64 bits per heavy atom. The van der Waals surface area contributed by atoms with Gasteiger partial charge in [0, 0.05) is 25.4 Å². The lowest BCUT2D eigenvalue weighted by molar-refractivity contribution is -0.133. The van der Waals surface area contributed by atoms with Crippen LogP contribution in [0.1, 0.15) is 45.4 Å². The second-order valence-corrected chi connectivity index (χ2v) is 14.5. The second-order valence-electron chi connectivity index (χ2n) is 12.4. The van der Waals surface area contributed by atoms with E-state index < -0.39 is 24.4 Å². The topological polar surface area (TPSA) is 92.9 Å². The van der Waals surface area contributed by atoms with Crippen LogP contribution in [0.4, 0.5) is 0 Å². The van der Waals surface area contributed by atoms with Crippen molar-refractivity contribution < 1.29 is 23.6 Å². The first-order valence-corrected chi connectivity index (χ1v) is 19.1. The van der Waals surface area contributed by atoms with E-state index in [1.807, 2.05) is 93.5 Å². The van der Waals surface area contributed by atoms with Crippen LogP contribution >= 0.6 is 28.4 Å². The molecule has 2 aliphatic heterocycles. The number of likely N-dealkylation sites (tertiary alicyclic amines) is 1. The quantitative estimate of drug-likeness (QED) is 0.108. The molecule has 4 heterocycles. The van der Waals surface area contributed by atoms with E-state index in [9.17, 15) is 4.79 Å². The number of rotatable bonds is 10. The van der Waals surface area contributed by atoms with Gasteiger partial charge in [-0.05, 0) is 92.1 Å². The van der Waals surface area contributed by atoms with Crippen molar-refractivity contribution in [1.82, 2.24) is 24.2 Å². The second kappa shape index (κ2) is 12.7. The highest BCUT2D eigenvalue weighted by atomic mass is 127. The van der Waals surface area contributed by atoms with Crippen LogP contribution in [0.15, 0.2) is 54.6 Å². The van der Waals surface area contributed by atoms with E-state index in [1.54, 1.807) is 4.68 Å². The molecule has 2 saturated heterocycles. The van der Waals surface area contributed by atoms with Gasteiger partial charge in [-0.2, -0.15) is 10.2 Å². The first-order chi connectivity index (χ1) is 21.5.